The first-order valence-corrected chi connectivity index (χ1v) is 7.56. The van der Waals surface area contributed by atoms with Gasteiger partial charge in [-0.3, -0.25) is 4.79 Å². The van der Waals surface area contributed by atoms with Gasteiger partial charge in [-0.2, -0.15) is 0 Å². The van der Waals surface area contributed by atoms with Crippen LogP contribution in [0.2, 0.25) is 0 Å². The van der Waals surface area contributed by atoms with Crippen molar-refractivity contribution < 1.29 is 4.79 Å². The van der Waals surface area contributed by atoms with Crippen molar-refractivity contribution in [3.05, 3.63) is 20.8 Å². The second-order valence-corrected chi connectivity index (χ2v) is 6.93. The van der Waals surface area contributed by atoms with Crippen molar-refractivity contribution in [2.45, 2.75) is 19.3 Å². The van der Waals surface area contributed by atoms with Crippen LogP contribution in [0.1, 0.15) is 17.7 Å². The first-order chi connectivity index (χ1) is 8.24. The maximum Gasteiger partial charge on any atom is 0.225 e. The molecule has 1 aliphatic heterocycles. The molecule has 6 heteroatoms. The number of rotatable bonds is 5. The van der Waals surface area contributed by atoms with Gasteiger partial charge in [-0.05, 0) is 59.9 Å². The molecule has 1 aromatic heterocycles. The molecule has 1 aromatic rings. The normalized spacial score (nSPS) is 18.4. The lowest BCUT2D eigenvalue weighted by Crippen LogP contribution is -2.27. The number of amides is 1. The van der Waals surface area contributed by atoms with Crippen LogP contribution in [-0.4, -0.2) is 25.5 Å². The second kappa shape index (κ2) is 8.15. The maximum absolute atomic E-state index is 11.7. The largest absolute Gasteiger partial charge is 0.356 e. The Kier molecular flexibility index (Phi) is 7.22. The highest BCUT2D eigenvalue weighted by Crippen LogP contribution is 2.22. The highest BCUT2D eigenvalue weighted by atomic mass is 79.9. The summed E-state index contributed by atoms with van der Waals surface area (Å²) in [5.41, 5.74) is 0. The smallest absolute Gasteiger partial charge is 0.225 e. The van der Waals surface area contributed by atoms with Crippen molar-refractivity contribution in [3.63, 3.8) is 0 Å². The van der Waals surface area contributed by atoms with Crippen molar-refractivity contribution in [1.82, 2.24) is 10.6 Å². The number of halogens is 2. The Bertz CT molecular complexity index is 380. The van der Waals surface area contributed by atoms with Gasteiger partial charge in [0.05, 0.1) is 10.2 Å². The quantitative estimate of drug-likeness (QED) is 0.854. The topological polar surface area (TPSA) is 41.1 Å². The Morgan fingerprint density at radius 2 is 2.39 bits per heavy atom. The number of hydrogen-bond acceptors (Lipinski definition) is 3. The molecule has 0 radical (unpaired) electrons. The van der Waals surface area contributed by atoms with Gasteiger partial charge in [0.15, 0.2) is 0 Å². The molecule has 1 atom stereocenters. The van der Waals surface area contributed by atoms with Crippen LogP contribution in [0.15, 0.2) is 15.9 Å². The zero-order chi connectivity index (χ0) is 12.1. The van der Waals surface area contributed by atoms with E-state index in [2.05, 4.69) is 26.6 Å². The SMILES string of the molecule is Cl.O=C(Cc1ccc(Br)s1)NCCC1CCNC1. The van der Waals surface area contributed by atoms with Gasteiger partial charge in [0, 0.05) is 11.4 Å². The van der Waals surface area contributed by atoms with Gasteiger partial charge in [-0.25, -0.2) is 0 Å². The van der Waals surface area contributed by atoms with E-state index in [1.807, 2.05) is 12.1 Å². The van der Waals surface area contributed by atoms with Gasteiger partial charge in [0.2, 0.25) is 5.91 Å². The summed E-state index contributed by atoms with van der Waals surface area (Å²) in [6, 6.07) is 3.98. The molecular formula is C12H18BrClN2OS. The summed E-state index contributed by atoms with van der Waals surface area (Å²) < 4.78 is 1.08. The Labute approximate surface area is 126 Å². The van der Waals surface area contributed by atoms with E-state index in [0.29, 0.717) is 6.42 Å². The van der Waals surface area contributed by atoms with Crippen LogP contribution >= 0.6 is 39.7 Å². The third-order valence-corrected chi connectivity index (χ3v) is 4.62. The molecule has 1 saturated heterocycles. The van der Waals surface area contributed by atoms with Crippen LogP contribution in [-0.2, 0) is 11.2 Å². The lowest BCUT2D eigenvalue weighted by molar-refractivity contribution is -0.120. The first kappa shape index (κ1) is 16.0. The Morgan fingerprint density at radius 3 is 3.00 bits per heavy atom. The average molecular weight is 354 g/mol. The predicted octanol–water partition coefficient (Wildman–Crippen LogP) is 2.59. The van der Waals surface area contributed by atoms with Gasteiger partial charge < -0.3 is 10.6 Å². The third kappa shape index (κ3) is 5.26. The highest BCUT2D eigenvalue weighted by molar-refractivity contribution is 9.11. The van der Waals surface area contributed by atoms with Crippen molar-refractivity contribution in [3.8, 4) is 0 Å². The Hall–Kier alpha value is -0.100. The molecule has 0 bridgehead atoms. The zero-order valence-corrected chi connectivity index (χ0v) is 13.3. The second-order valence-electron chi connectivity index (χ2n) is 4.38. The van der Waals surface area contributed by atoms with E-state index in [1.165, 1.54) is 6.42 Å². The van der Waals surface area contributed by atoms with Crippen molar-refractivity contribution in [2.75, 3.05) is 19.6 Å². The standard InChI is InChI=1S/C12H17BrN2OS.ClH/c13-11-2-1-10(17-11)7-12(16)15-6-4-9-3-5-14-8-9;/h1-2,9,14H,3-8H2,(H,15,16);1H. The van der Waals surface area contributed by atoms with E-state index in [0.717, 1.165) is 40.6 Å². The number of carbonyl (C=O) groups is 1. The summed E-state index contributed by atoms with van der Waals surface area (Å²) in [6.07, 6.45) is 2.83. The number of carbonyl (C=O) groups excluding carboxylic acids is 1. The first-order valence-electron chi connectivity index (χ1n) is 5.95. The molecule has 0 aliphatic carbocycles. The van der Waals surface area contributed by atoms with Crippen molar-refractivity contribution in [2.24, 2.45) is 5.92 Å². The molecule has 0 spiro atoms. The van der Waals surface area contributed by atoms with E-state index in [-0.39, 0.29) is 18.3 Å². The number of nitrogens with one attached hydrogen (secondary N) is 2. The molecule has 0 aromatic carbocycles. The van der Waals surface area contributed by atoms with Crippen LogP contribution in [0.5, 0.6) is 0 Å². The van der Waals surface area contributed by atoms with Crippen molar-refractivity contribution >= 4 is 45.6 Å². The van der Waals surface area contributed by atoms with E-state index in [1.54, 1.807) is 11.3 Å². The summed E-state index contributed by atoms with van der Waals surface area (Å²) in [7, 11) is 0. The van der Waals surface area contributed by atoms with Crippen LogP contribution < -0.4 is 10.6 Å². The minimum Gasteiger partial charge on any atom is -0.356 e. The molecule has 1 unspecified atom stereocenters. The molecule has 18 heavy (non-hydrogen) atoms. The van der Waals surface area contributed by atoms with Gasteiger partial charge in [-0.1, -0.05) is 0 Å². The lowest BCUT2D eigenvalue weighted by atomic mass is 10.1. The van der Waals surface area contributed by atoms with Crippen LogP contribution in [0.3, 0.4) is 0 Å². The Morgan fingerprint density at radius 1 is 1.56 bits per heavy atom. The van der Waals surface area contributed by atoms with Crippen LogP contribution in [0.4, 0.5) is 0 Å². The van der Waals surface area contributed by atoms with E-state index < -0.39 is 0 Å². The van der Waals surface area contributed by atoms with Crippen LogP contribution in [0, 0.1) is 5.92 Å². The van der Waals surface area contributed by atoms with Gasteiger partial charge in [0.25, 0.3) is 0 Å². The fraction of sp³-hybridized carbons (Fsp3) is 0.583. The molecule has 3 nitrogen and oxygen atoms in total. The van der Waals surface area contributed by atoms with Gasteiger partial charge >= 0.3 is 0 Å². The summed E-state index contributed by atoms with van der Waals surface area (Å²) in [5, 5.41) is 6.33. The van der Waals surface area contributed by atoms with Crippen LogP contribution in [0.25, 0.3) is 0 Å². The minimum atomic E-state index is 0. The number of hydrogen-bond donors (Lipinski definition) is 2. The fourth-order valence-electron chi connectivity index (χ4n) is 2.04. The monoisotopic (exact) mass is 352 g/mol. The molecule has 0 saturated carbocycles. The molecule has 1 aliphatic rings. The van der Waals surface area contributed by atoms with Gasteiger partial charge in [-0.15, -0.1) is 23.7 Å². The molecule has 1 fully saturated rings. The summed E-state index contributed by atoms with van der Waals surface area (Å²) in [5.74, 6) is 0.872. The lowest BCUT2D eigenvalue weighted by Gasteiger charge is -2.08. The fourth-order valence-corrected chi connectivity index (χ4v) is 3.53. The van der Waals surface area contributed by atoms with Crippen molar-refractivity contribution in [1.29, 1.82) is 0 Å². The number of thiophene rings is 1. The summed E-state index contributed by atoms with van der Waals surface area (Å²) in [4.78, 5) is 12.8. The molecule has 2 heterocycles. The highest BCUT2D eigenvalue weighted by Gasteiger charge is 2.14. The molecule has 1 amide bonds. The van der Waals surface area contributed by atoms with E-state index in [9.17, 15) is 4.79 Å². The average Bonchev–Trinajstić information content (AvgIpc) is 2.90. The minimum absolute atomic E-state index is 0. The van der Waals surface area contributed by atoms with E-state index in [4.69, 9.17) is 0 Å². The predicted molar refractivity (Wildman–Crippen MR) is 81.6 cm³/mol. The third-order valence-electron chi connectivity index (χ3n) is 3.00. The molecule has 2 rings (SSSR count). The molecular weight excluding hydrogens is 336 g/mol. The molecule has 2 N–H and O–H groups in total. The zero-order valence-electron chi connectivity index (χ0n) is 10.1. The summed E-state index contributed by atoms with van der Waals surface area (Å²) >= 11 is 5.02. The Balaban J connectivity index is 0.00000162. The molecule has 102 valence electrons. The summed E-state index contributed by atoms with van der Waals surface area (Å²) in [6.45, 7) is 3.04. The van der Waals surface area contributed by atoms with E-state index >= 15 is 0 Å². The van der Waals surface area contributed by atoms with Gasteiger partial charge in [0.1, 0.15) is 0 Å². The maximum atomic E-state index is 11.7.